The van der Waals surface area contributed by atoms with Gasteiger partial charge in [0.15, 0.2) is 0 Å². The number of anilines is 1. The number of ether oxygens (including phenoxy) is 1. The highest BCUT2D eigenvalue weighted by atomic mass is 19.1. The van der Waals surface area contributed by atoms with Crippen molar-refractivity contribution in [3.63, 3.8) is 0 Å². The van der Waals surface area contributed by atoms with Gasteiger partial charge < -0.3 is 10.1 Å². The molecule has 94 valence electrons. The number of benzene rings is 1. The van der Waals surface area contributed by atoms with E-state index in [1.165, 1.54) is 19.2 Å². The van der Waals surface area contributed by atoms with Gasteiger partial charge in [-0.25, -0.2) is 9.18 Å². The number of halogens is 1. The molecule has 1 fully saturated rings. The predicted molar refractivity (Wildman–Crippen MR) is 63.3 cm³/mol. The first-order chi connectivity index (χ1) is 8.65. The second-order valence-electron chi connectivity index (χ2n) is 4.28. The number of nitriles is 1. The van der Waals surface area contributed by atoms with Crippen LogP contribution in [0.4, 0.5) is 10.1 Å². The average Bonchev–Trinajstić information content (AvgIpc) is 3.20. The van der Waals surface area contributed by atoms with Gasteiger partial charge in [-0.15, -0.1) is 0 Å². The van der Waals surface area contributed by atoms with Crippen molar-refractivity contribution in [3.05, 3.63) is 29.6 Å². The molecule has 1 aromatic carbocycles. The number of carbonyl (C=O) groups excluding carboxylic acids is 1. The molecule has 1 aromatic rings. The highest BCUT2D eigenvalue weighted by Crippen LogP contribution is 2.35. The SMILES string of the molecule is COC(=O)C(Nc1ccc(F)cc1C#N)C1CC1. The van der Waals surface area contributed by atoms with E-state index in [2.05, 4.69) is 5.32 Å². The van der Waals surface area contributed by atoms with Crippen LogP contribution in [0.1, 0.15) is 18.4 Å². The van der Waals surface area contributed by atoms with Crippen molar-refractivity contribution < 1.29 is 13.9 Å². The maximum atomic E-state index is 13.0. The maximum absolute atomic E-state index is 13.0. The van der Waals surface area contributed by atoms with E-state index in [-0.39, 0.29) is 17.5 Å². The van der Waals surface area contributed by atoms with Crippen LogP contribution in [-0.4, -0.2) is 19.1 Å². The van der Waals surface area contributed by atoms with Crippen LogP contribution in [0.2, 0.25) is 0 Å². The molecule has 0 saturated heterocycles. The number of nitrogens with zero attached hydrogens (tertiary/aromatic N) is 1. The van der Waals surface area contributed by atoms with Gasteiger partial charge in [-0.1, -0.05) is 0 Å². The van der Waals surface area contributed by atoms with E-state index >= 15 is 0 Å². The predicted octanol–water partition coefficient (Wildman–Crippen LogP) is 2.06. The van der Waals surface area contributed by atoms with E-state index in [1.54, 1.807) is 0 Å². The summed E-state index contributed by atoms with van der Waals surface area (Å²) in [6.07, 6.45) is 1.91. The van der Waals surface area contributed by atoms with Crippen LogP contribution in [-0.2, 0) is 9.53 Å². The van der Waals surface area contributed by atoms with Gasteiger partial charge in [-0.3, -0.25) is 0 Å². The van der Waals surface area contributed by atoms with E-state index < -0.39 is 11.9 Å². The van der Waals surface area contributed by atoms with E-state index in [0.717, 1.165) is 18.9 Å². The minimum absolute atomic E-state index is 0.185. The van der Waals surface area contributed by atoms with Crippen molar-refractivity contribution >= 4 is 11.7 Å². The zero-order valence-corrected chi connectivity index (χ0v) is 9.94. The number of hydrogen-bond acceptors (Lipinski definition) is 4. The van der Waals surface area contributed by atoms with Crippen molar-refractivity contribution in [1.29, 1.82) is 5.26 Å². The number of carbonyl (C=O) groups is 1. The molecule has 1 atom stereocenters. The van der Waals surface area contributed by atoms with Crippen LogP contribution < -0.4 is 5.32 Å². The lowest BCUT2D eigenvalue weighted by molar-refractivity contribution is -0.142. The molecule has 0 spiro atoms. The second kappa shape index (κ2) is 5.05. The van der Waals surface area contributed by atoms with Crippen LogP contribution in [0.3, 0.4) is 0 Å². The van der Waals surface area contributed by atoms with Crippen molar-refractivity contribution in [1.82, 2.24) is 0 Å². The van der Waals surface area contributed by atoms with Gasteiger partial charge in [-0.05, 0) is 37.0 Å². The summed E-state index contributed by atoms with van der Waals surface area (Å²) >= 11 is 0. The Balaban J connectivity index is 2.21. The molecule has 1 aliphatic carbocycles. The smallest absolute Gasteiger partial charge is 0.328 e. The van der Waals surface area contributed by atoms with Gasteiger partial charge in [-0.2, -0.15) is 5.26 Å². The Hall–Kier alpha value is -2.09. The van der Waals surface area contributed by atoms with Crippen LogP contribution in [0.25, 0.3) is 0 Å². The van der Waals surface area contributed by atoms with Gasteiger partial charge in [0.1, 0.15) is 17.9 Å². The highest BCUT2D eigenvalue weighted by Gasteiger charge is 2.37. The Kier molecular flexibility index (Phi) is 3.47. The lowest BCUT2D eigenvalue weighted by Gasteiger charge is -2.17. The molecule has 1 aliphatic rings. The third kappa shape index (κ3) is 2.59. The molecule has 18 heavy (non-hydrogen) atoms. The molecule has 0 aromatic heterocycles. The quantitative estimate of drug-likeness (QED) is 0.828. The summed E-state index contributed by atoms with van der Waals surface area (Å²) in [5.41, 5.74) is 0.644. The van der Waals surface area contributed by atoms with Crippen LogP contribution in [0.15, 0.2) is 18.2 Å². The minimum atomic E-state index is -0.474. The van der Waals surface area contributed by atoms with Crippen LogP contribution >= 0.6 is 0 Å². The molecule has 0 amide bonds. The standard InChI is InChI=1S/C13H13FN2O2/c1-18-13(17)12(8-2-3-8)16-11-5-4-10(14)6-9(11)7-15/h4-6,8,12,16H,2-3H2,1H3. The fourth-order valence-electron chi connectivity index (χ4n) is 1.83. The molecule has 1 saturated carbocycles. The number of methoxy groups -OCH3 is 1. The molecule has 1 N–H and O–H groups in total. The summed E-state index contributed by atoms with van der Waals surface area (Å²) < 4.78 is 17.7. The molecule has 0 radical (unpaired) electrons. The summed E-state index contributed by atoms with van der Waals surface area (Å²) in [5, 5.41) is 11.9. The number of hydrogen-bond donors (Lipinski definition) is 1. The van der Waals surface area contributed by atoms with Gasteiger partial charge in [0.05, 0.1) is 18.4 Å². The molecule has 5 heteroatoms. The second-order valence-corrected chi connectivity index (χ2v) is 4.28. The van der Waals surface area contributed by atoms with E-state index in [1.807, 2.05) is 6.07 Å². The summed E-state index contributed by atoms with van der Waals surface area (Å²) in [5.74, 6) is -0.599. The first-order valence-electron chi connectivity index (χ1n) is 5.69. The van der Waals surface area contributed by atoms with Gasteiger partial charge in [0.25, 0.3) is 0 Å². The molecule has 0 bridgehead atoms. The number of nitrogens with one attached hydrogen (secondary N) is 1. The molecule has 0 heterocycles. The summed E-state index contributed by atoms with van der Waals surface area (Å²) in [6.45, 7) is 0. The maximum Gasteiger partial charge on any atom is 0.328 e. The zero-order chi connectivity index (χ0) is 13.1. The van der Waals surface area contributed by atoms with Gasteiger partial charge in [0.2, 0.25) is 0 Å². The third-order valence-corrected chi connectivity index (χ3v) is 2.96. The van der Waals surface area contributed by atoms with Crippen molar-refractivity contribution in [2.45, 2.75) is 18.9 Å². The molecule has 4 nitrogen and oxygen atoms in total. The molecule has 2 rings (SSSR count). The van der Waals surface area contributed by atoms with Gasteiger partial charge >= 0.3 is 5.97 Å². The summed E-state index contributed by atoms with van der Waals surface area (Å²) in [4.78, 5) is 11.6. The third-order valence-electron chi connectivity index (χ3n) is 2.96. The summed E-state index contributed by atoms with van der Waals surface area (Å²) in [7, 11) is 1.33. The molecular weight excluding hydrogens is 235 g/mol. The topological polar surface area (TPSA) is 62.1 Å². The highest BCUT2D eigenvalue weighted by molar-refractivity contribution is 5.80. The zero-order valence-electron chi connectivity index (χ0n) is 9.94. The average molecular weight is 248 g/mol. The van der Waals surface area contributed by atoms with E-state index in [0.29, 0.717) is 5.69 Å². The Bertz CT molecular complexity index is 506. The number of esters is 1. The first-order valence-corrected chi connectivity index (χ1v) is 5.69. The Labute approximate surface area is 104 Å². The minimum Gasteiger partial charge on any atom is -0.467 e. The largest absolute Gasteiger partial charge is 0.467 e. The Morgan fingerprint density at radius 1 is 1.61 bits per heavy atom. The van der Waals surface area contributed by atoms with E-state index in [9.17, 15) is 9.18 Å². The van der Waals surface area contributed by atoms with Crippen LogP contribution in [0.5, 0.6) is 0 Å². The van der Waals surface area contributed by atoms with Crippen LogP contribution in [0, 0.1) is 23.1 Å². The Morgan fingerprint density at radius 3 is 2.89 bits per heavy atom. The Morgan fingerprint density at radius 2 is 2.33 bits per heavy atom. The van der Waals surface area contributed by atoms with Crippen molar-refractivity contribution in [3.8, 4) is 6.07 Å². The van der Waals surface area contributed by atoms with Gasteiger partial charge in [0, 0.05) is 0 Å². The molecular formula is C13H13FN2O2. The monoisotopic (exact) mass is 248 g/mol. The fourth-order valence-corrected chi connectivity index (χ4v) is 1.83. The van der Waals surface area contributed by atoms with Crippen molar-refractivity contribution in [2.24, 2.45) is 5.92 Å². The molecule has 1 unspecified atom stereocenters. The fraction of sp³-hybridized carbons (Fsp3) is 0.385. The van der Waals surface area contributed by atoms with E-state index in [4.69, 9.17) is 10.00 Å². The lowest BCUT2D eigenvalue weighted by Crippen LogP contribution is -2.33. The molecule has 0 aliphatic heterocycles. The number of rotatable bonds is 4. The van der Waals surface area contributed by atoms with Crippen molar-refractivity contribution in [2.75, 3.05) is 12.4 Å². The first kappa shape index (κ1) is 12.4. The summed E-state index contributed by atoms with van der Waals surface area (Å²) in [6, 6.07) is 5.30. The normalized spacial score (nSPS) is 15.6. The lowest BCUT2D eigenvalue weighted by atomic mass is 10.1.